The Kier molecular flexibility index (Phi) is 3.28. The van der Waals surface area contributed by atoms with Crippen molar-refractivity contribution in [2.45, 2.75) is 0 Å². The van der Waals surface area contributed by atoms with Crippen molar-refractivity contribution in [1.29, 1.82) is 0 Å². The summed E-state index contributed by atoms with van der Waals surface area (Å²) in [5.41, 5.74) is 5.81. The highest BCUT2D eigenvalue weighted by Crippen LogP contribution is 2.23. The third kappa shape index (κ3) is 2.44. The van der Waals surface area contributed by atoms with Gasteiger partial charge in [-0.25, -0.2) is 4.39 Å². The van der Waals surface area contributed by atoms with Crippen molar-refractivity contribution in [3.8, 4) is 0 Å². The van der Waals surface area contributed by atoms with Crippen molar-refractivity contribution in [2.24, 2.45) is 0 Å². The SMILES string of the molecule is Nc1cc(Cl)c(C=CCO)cc1F. The number of anilines is 1. The maximum atomic E-state index is 12.9. The first-order valence-electron chi connectivity index (χ1n) is 3.67. The van der Waals surface area contributed by atoms with Gasteiger partial charge in [0.15, 0.2) is 0 Å². The Labute approximate surface area is 80.4 Å². The van der Waals surface area contributed by atoms with Gasteiger partial charge in [-0.05, 0) is 17.7 Å². The maximum Gasteiger partial charge on any atom is 0.146 e. The molecule has 0 radical (unpaired) electrons. The summed E-state index contributed by atoms with van der Waals surface area (Å²) >= 11 is 5.76. The summed E-state index contributed by atoms with van der Waals surface area (Å²) < 4.78 is 12.9. The van der Waals surface area contributed by atoms with Crippen molar-refractivity contribution >= 4 is 23.4 Å². The highest BCUT2D eigenvalue weighted by Gasteiger charge is 2.03. The highest BCUT2D eigenvalue weighted by atomic mass is 35.5. The lowest BCUT2D eigenvalue weighted by atomic mass is 10.2. The smallest absolute Gasteiger partial charge is 0.146 e. The standard InChI is InChI=1S/C9H9ClFNO/c10-7-5-9(12)8(11)4-6(7)2-1-3-13/h1-2,4-5,13H,3,12H2. The Hall–Kier alpha value is -1.06. The predicted molar refractivity (Wildman–Crippen MR) is 51.9 cm³/mol. The van der Waals surface area contributed by atoms with Crippen LogP contribution in [0.2, 0.25) is 5.02 Å². The van der Waals surface area contributed by atoms with E-state index in [0.29, 0.717) is 10.6 Å². The Morgan fingerprint density at radius 3 is 2.85 bits per heavy atom. The zero-order valence-corrected chi connectivity index (χ0v) is 7.55. The molecule has 0 amide bonds. The van der Waals surface area contributed by atoms with E-state index in [2.05, 4.69) is 0 Å². The molecule has 0 unspecified atom stereocenters. The molecule has 2 nitrogen and oxygen atoms in total. The monoisotopic (exact) mass is 201 g/mol. The summed E-state index contributed by atoms with van der Waals surface area (Å²) in [6.45, 7) is -0.109. The number of halogens is 2. The molecular formula is C9H9ClFNO. The fourth-order valence-electron chi connectivity index (χ4n) is 0.885. The second kappa shape index (κ2) is 4.25. The highest BCUT2D eigenvalue weighted by molar-refractivity contribution is 6.32. The first-order chi connectivity index (χ1) is 6.15. The first kappa shape index (κ1) is 10.0. The minimum absolute atomic E-state index is 0.0196. The first-order valence-corrected chi connectivity index (χ1v) is 4.05. The molecule has 0 spiro atoms. The molecule has 0 aliphatic carbocycles. The lowest BCUT2D eigenvalue weighted by molar-refractivity contribution is 0.343. The molecular weight excluding hydrogens is 193 g/mol. The normalized spacial score (nSPS) is 11.0. The van der Waals surface area contributed by atoms with E-state index in [1.165, 1.54) is 24.3 Å². The van der Waals surface area contributed by atoms with E-state index in [1.54, 1.807) is 0 Å². The Bertz CT molecular complexity index is 339. The van der Waals surface area contributed by atoms with Crippen LogP contribution in [0.5, 0.6) is 0 Å². The molecule has 1 aromatic rings. The van der Waals surface area contributed by atoms with Crippen LogP contribution in [0.3, 0.4) is 0 Å². The number of rotatable bonds is 2. The average Bonchev–Trinajstić information content (AvgIpc) is 2.09. The molecule has 13 heavy (non-hydrogen) atoms. The summed E-state index contributed by atoms with van der Waals surface area (Å²) in [7, 11) is 0. The molecule has 1 aromatic carbocycles. The number of aliphatic hydroxyl groups is 1. The number of hydrogen-bond acceptors (Lipinski definition) is 2. The van der Waals surface area contributed by atoms with Crippen molar-refractivity contribution in [1.82, 2.24) is 0 Å². The molecule has 0 fully saturated rings. The number of hydrogen-bond donors (Lipinski definition) is 2. The van der Waals surface area contributed by atoms with Gasteiger partial charge in [0.05, 0.1) is 17.3 Å². The van der Waals surface area contributed by atoms with Crippen LogP contribution in [0.25, 0.3) is 6.08 Å². The van der Waals surface area contributed by atoms with Crippen LogP contribution >= 0.6 is 11.6 Å². The molecule has 0 aliphatic rings. The van der Waals surface area contributed by atoms with Crippen LogP contribution in [0.15, 0.2) is 18.2 Å². The van der Waals surface area contributed by atoms with Crippen molar-refractivity contribution < 1.29 is 9.50 Å². The van der Waals surface area contributed by atoms with E-state index in [1.807, 2.05) is 0 Å². The van der Waals surface area contributed by atoms with E-state index in [9.17, 15) is 4.39 Å². The van der Waals surface area contributed by atoms with Gasteiger partial charge >= 0.3 is 0 Å². The third-order valence-electron chi connectivity index (χ3n) is 1.52. The number of nitrogen functional groups attached to an aromatic ring is 1. The Morgan fingerprint density at radius 1 is 1.54 bits per heavy atom. The zero-order valence-electron chi connectivity index (χ0n) is 6.80. The van der Waals surface area contributed by atoms with Crippen molar-refractivity contribution in [2.75, 3.05) is 12.3 Å². The van der Waals surface area contributed by atoms with Crippen molar-refractivity contribution in [3.63, 3.8) is 0 Å². The third-order valence-corrected chi connectivity index (χ3v) is 1.85. The van der Waals surface area contributed by atoms with Crippen molar-refractivity contribution in [3.05, 3.63) is 34.6 Å². The number of benzene rings is 1. The largest absolute Gasteiger partial charge is 0.396 e. The van der Waals surface area contributed by atoms with E-state index >= 15 is 0 Å². The minimum Gasteiger partial charge on any atom is -0.396 e. The predicted octanol–water partition coefficient (Wildman–Crippen LogP) is 2.07. The summed E-state index contributed by atoms with van der Waals surface area (Å²) in [5, 5.41) is 8.86. The van der Waals surface area contributed by atoms with Crippen LogP contribution in [0.1, 0.15) is 5.56 Å². The van der Waals surface area contributed by atoms with Gasteiger partial charge < -0.3 is 10.8 Å². The summed E-state index contributed by atoms with van der Waals surface area (Å²) in [6.07, 6.45) is 3.00. The van der Waals surface area contributed by atoms with Crippen LogP contribution in [-0.2, 0) is 0 Å². The molecule has 4 heteroatoms. The fourth-order valence-corrected chi connectivity index (χ4v) is 1.12. The van der Waals surface area contributed by atoms with Gasteiger partial charge in [0.1, 0.15) is 5.82 Å². The lowest BCUT2D eigenvalue weighted by Gasteiger charge is -2.01. The van der Waals surface area contributed by atoms with E-state index in [4.69, 9.17) is 22.4 Å². The second-order valence-corrected chi connectivity index (χ2v) is 2.89. The molecule has 0 saturated heterocycles. The van der Waals surface area contributed by atoms with E-state index < -0.39 is 5.82 Å². The van der Waals surface area contributed by atoms with Crippen LogP contribution in [0, 0.1) is 5.82 Å². The van der Waals surface area contributed by atoms with Crippen LogP contribution < -0.4 is 5.73 Å². The average molecular weight is 202 g/mol. The Balaban J connectivity index is 3.08. The van der Waals surface area contributed by atoms with E-state index in [-0.39, 0.29) is 12.3 Å². The molecule has 70 valence electrons. The van der Waals surface area contributed by atoms with Gasteiger partial charge in [0.25, 0.3) is 0 Å². The molecule has 0 atom stereocenters. The molecule has 0 bridgehead atoms. The van der Waals surface area contributed by atoms with E-state index in [0.717, 1.165) is 0 Å². The van der Waals surface area contributed by atoms with Gasteiger partial charge in [-0.2, -0.15) is 0 Å². The minimum atomic E-state index is -0.512. The molecule has 0 saturated carbocycles. The second-order valence-electron chi connectivity index (χ2n) is 2.48. The topological polar surface area (TPSA) is 46.2 Å². The maximum absolute atomic E-state index is 12.9. The van der Waals surface area contributed by atoms with Gasteiger partial charge in [-0.15, -0.1) is 0 Å². The number of nitrogens with two attached hydrogens (primary N) is 1. The zero-order chi connectivity index (χ0) is 9.84. The quantitative estimate of drug-likeness (QED) is 0.720. The summed E-state index contributed by atoms with van der Waals surface area (Å²) in [5.74, 6) is -0.512. The van der Waals surface area contributed by atoms with Crippen LogP contribution in [0.4, 0.5) is 10.1 Å². The lowest BCUT2D eigenvalue weighted by Crippen LogP contribution is -1.91. The summed E-state index contributed by atoms with van der Waals surface area (Å²) in [4.78, 5) is 0. The Morgan fingerprint density at radius 2 is 2.23 bits per heavy atom. The number of aliphatic hydroxyl groups excluding tert-OH is 1. The van der Waals surface area contributed by atoms with Gasteiger partial charge in [-0.3, -0.25) is 0 Å². The van der Waals surface area contributed by atoms with Gasteiger partial charge in [0.2, 0.25) is 0 Å². The molecule has 3 N–H and O–H groups in total. The van der Waals surface area contributed by atoms with Gasteiger partial charge in [-0.1, -0.05) is 23.8 Å². The summed E-state index contributed by atoms with van der Waals surface area (Å²) in [6, 6.07) is 2.57. The molecule has 1 rings (SSSR count). The molecule has 0 heterocycles. The molecule has 0 aromatic heterocycles. The fraction of sp³-hybridized carbons (Fsp3) is 0.111. The van der Waals surface area contributed by atoms with Gasteiger partial charge in [0, 0.05) is 0 Å². The molecule has 0 aliphatic heterocycles. The van der Waals surface area contributed by atoms with Crippen LogP contribution in [-0.4, -0.2) is 11.7 Å².